The second-order valence-corrected chi connectivity index (χ2v) is 4.43. The highest BCUT2D eigenvalue weighted by molar-refractivity contribution is 5.65. The summed E-state index contributed by atoms with van der Waals surface area (Å²) in [5.74, 6) is 0. The minimum Gasteiger partial charge on any atom is -0.389 e. The molecule has 2 rings (SSSR count). The number of methoxy groups -OCH3 is 1. The Hall–Kier alpha value is -1.84. The minimum atomic E-state index is -0.487. The van der Waals surface area contributed by atoms with E-state index in [9.17, 15) is 5.11 Å². The third kappa shape index (κ3) is 4.09. The molecule has 0 fully saturated rings. The zero-order valence-corrected chi connectivity index (χ0v) is 11.0. The maximum Gasteiger partial charge on any atom is 0.0945 e. The Kier molecular flexibility index (Phi) is 4.95. The summed E-state index contributed by atoms with van der Waals surface area (Å²) in [7, 11) is 1.58. The fourth-order valence-corrected chi connectivity index (χ4v) is 1.90. The van der Waals surface area contributed by atoms with Crippen LogP contribution in [0.5, 0.6) is 0 Å². The lowest BCUT2D eigenvalue weighted by Crippen LogP contribution is -2.24. The van der Waals surface area contributed by atoms with Gasteiger partial charge in [0.15, 0.2) is 0 Å². The van der Waals surface area contributed by atoms with Gasteiger partial charge in [0.25, 0.3) is 0 Å². The molecule has 0 radical (unpaired) electrons. The molecule has 0 saturated heterocycles. The van der Waals surface area contributed by atoms with Crippen molar-refractivity contribution >= 4 is 5.69 Å². The first kappa shape index (κ1) is 13.6. The average Bonchev–Trinajstić information content (AvgIpc) is 2.47. The summed E-state index contributed by atoms with van der Waals surface area (Å²) in [6.45, 7) is 0.827. The zero-order valence-electron chi connectivity index (χ0n) is 11.0. The van der Waals surface area contributed by atoms with Crippen LogP contribution in [-0.2, 0) is 4.74 Å². The van der Waals surface area contributed by atoms with Gasteiger partial charge in [-0.05, 0) is 23.3 Å². The van der Waals surface area contributed by atoms with E-state index in [0.29, 0.717) is 13.2 Å². The molecule has 0 aliphatic heterocycles. The third-order valence-electron chi connectivity index (χ3n) is 2.89. The van der Waals surface area contributed by atoms with Gasteiger partial charge in [-0.15, -0.1) is 0 Å². The Morgan fingerprint density at radius 1 is 1.00 bits per heavy atom. The summed E-state index contributed by atoms with van der Waals surface area (Å²) in [4.78, 5) is 0. The third-order valence-corrected chi connectivity index (χ3v) is 2.89. The van der Waals surface area contributed by atoms with E-state index in [1.807, 2.05) is 30.3 Å². The molecule has 100 valence electrons. The maximum atomic E-state index is 9.56. The molecule has 0 aromatic heterocycles. The normalized spacial score (nSPS) is 12.1. The molecule has 0 bridgehead atoms. The summed E-state index contributed by atoms with van der Waals surface area (Å²) in [5.41, 5.74) is 3.38. The number of hydrogen-bond acceptors (Lipinski definition) is 3. The van der Waals surface area contributed by atoms with Crippen LogP contribution in [0.15, 0.2) is 54.6 Å². The van der Waals surface area contributed by atoms with Crippen molar-refractivity contribution in [2.45, 2.75) is 6.10 Å². The molecular formula is C16H19NO2. The van der Waals surface area contributed by atoms with Gasteiger partial charge in [0.2, 0.25) is 0 Å². The van der Waals surface area contributed by atoms with Crippen LogP contribution in [0, 0.1) is 0 Å². The number of hydrogen-bond donors (Lipinski definition) is 2. The summed E-state index contributed by atoms with van der Waals surface area (Å²) < 4.78 is 4.88. The van der Waals surface area contributed by atoms with Gasteiger partial charge in [-0.2, -0.15) is 0 Å². The van der Waals surface area contributed by atoms with E-state index in [0.717, 1.165) is 5.69 Å². The molecule has 3 nitrogen and oxygen atoms in total. The first-order valence-electron chi connectivity index (χ1n) is 6.36. The molecule has 0 spiro atoms. The quantitative estimate of drug-likeness (QED) is 0.836. The van der Waals surface area contributed by atoms with Crippen molar-refractivity contribution < 1.29 is 9.84 Å². The zero-order chi connectivity index (χ0) is 13.5. The van der Waals surface area contributed by atoms with Gasteiger partial charge >= 0.3 is 0 Å². The number of ether oxygens (including phenoxy) is 1. The standard InChI is InChI=1S/C16H19NO2/c1-19-12-16(18)11-17-15-9-7-14(8-10-15)13-5-3-2-4-6-13/h2-10,16-18H,11-12H2,1H3. The molecule has 1 unspecified atom stereocenters. The summed E-state index contributed by atoms with van der Waals surface area (Å²) in [6, 6.07) is 18.4. The summed E-state index contributed by atoms with van der Waals surface area (Å²) in [6.07, 6.45) is -0.487. The summed E-state index contributed by atoms with van der Waals surface area (Å²) in [5, 5.41) is 12.7. The van der Waals surface area contributed by atoms with Crippen LogP contribution in [0.4, 0.5) is 5.69 Å². The molecule has 0 heterocycles. The lowest BCUT2D eigenvalue weighted by molar-refractivity contribution is 0.0727. The Bertz CT molecular complexity index is 482. The van der Waals surface area contributed by atoms with E-state index in [4.69, 9.17) is 4.74 Å². The molecular weight excluding hydrogens is 238 g/mol. The number of benzene rings is 2. The Morgan fingerprint density at radius 2 is 1.63 bits per heavy atom. The van der Waals surface area contributed by atoms with E-state index in [1.54, 1.807) is 7.11 Å². The topological polar surface area (TPSA) is 41.5 Å². The number of aliphatic hydroxyl groups is 1. The number of aliphatic hydroxyl groups excluding tert-OH is 1. The Morgan fingerprint density at radius 3 is 2.26 bits per heavy atom. The SMILES string of the molecule is COCC(O)CNc1ccc(-c2ccccc2)cc1. The number of anilines is 1. The fraction of sp³-hybridized carbons (Fsp3) is 0.250. The predicted octanol–water partition coefficient (Wildman–Crippen LogP) is 2.77. The fourth-order valence-electron chi connectivity index (χ4n) is 1.90. The molecule has 19 heavy (non-hydrogen) atoms. The van der Waals surface area contributed by atoms with Crippen LogP contribution < -0.4 is 5.32 Å². The first-order chi connectivity index (χ1) is 9.29. The molecule has 0 aliphatic rings. The maximum absolute atomic E-state index is 9.56. The van der Waals surface area contributed by atoms with Crippen molar-refractivity contribution in [2.24, 2.45) is 0 Å². The summed E-state index contributed by atoms with van der Waals surface area (Å²) >= 11 is 0. The van der Waals surface area contributed by atoms with E-state index in [1.165, 1.54) is 11.1 Å². The highest BCUT2D eigenvalue weighted by atomic mass is 16.5. The van der Waals surface area contributed by atoms with Gasteiger partial charge in [0.05, 0.1) is 12.7 Å². The van der Waals surface area contributed by atoms with Crippen LogP contribution in [-0.4, -0.2) is 31.5 Å². The Balaban J connectivity index is 1.95. The van der Waals surface area contributed by atoms with Gasteiger partial charge in [0.1, 0.15) is 0 Å². The van der Waals surface area contributed by atoms with Gasteiger partial charge in [-0.25, -0.2) is 0 Å². The van der Waals surface area contributed by atoms with Crippen molar-refractivity contribution in [3.63, 3.8) is 0 Å². The van der Waals surface area contributed by atoms with Gasteiger partial charge < -0.3 is 15.2 Å². The van der Waals surface area contributed by atoms with E-state index < -0.39 is 6.10 Å². The highest BCUT2D eigenvalue weighted by Gasteiger charge is 2.03. The van der Waals surface area contributed by atoms with Gasteiger partial charge in [-0.1, -0.05) is 42.5 Å². The van der Waals surface area contributed by atoms with E-state index in [2.05, 4.69) is 29.6 Å². The van der Waals surface area contributed by atoms with E-state index >= 15 is 0 Å². The molecule has 0 amide bonds. The monoisotopic (exact) mass is 257 g/mol. The van der Waals surface area contributed by atoms with Crippen LogP contribution >= 0.6 is 0 Å². The smallest absolute Gasteiger partial charge is 0.0945 e. The van der Waals surface area contributed by atoms with E-state index in [-0.39, 0.29) is 0 Å². The van der Waals surface area contributed by atoms with Crippen molar-refractivity contribution in [1.29, 1.82) is 0 Å². The lowest BCUT2D eigenvalue weighted by atomic mass is 10.1. The molecule has 0 saturated carbocycles. The molecule has 1 atom stereocenters. The number of nitrogens with one attached hydrogen (secondary N) is 1. The Labute approximate surface area is 113 Å². The van der Waals surface area contributed by atoms with Crippen LogP contribution in [0.25, 0.3) is 11.1 Å². The van der Waals surface area contributed by atoms with Crippen molar-refractivity contribution in [2.75, 3.05) is 25.6 Å². The van der Waals surface area contributed by atoms with Crippen molar-refractivity contribution in [1.82, 2.24) is 0 Å². The van der Waals surface area contributed by atoms with Crippen molar-refractivity contribution in [3.05, 3.63) is 54.6 Å². The second-order valence-electron chi connectivity index (χ2n) is 4.43. The molecule has 2 aromatic carbocycles. The average molecular weight is 257 g/mol. The van der Waals surface area contributed by atoms with Crippen LogP contribution in [0.2, 0.25) is 0 Å². The first-order valence-corrected chi connectivity index (χ1v) is 6.36. The molecule has 0 aliphatic carbocycles. The van der Waals surface area contributed by atoms with Crippen LogP contribution in [0.1, 0.15) is 0 Å². The molecule has 3 heteroatoms. The van der Waals surface area contributed by atoms with Gasteiger partial charge in [-0.3, -0.25) is 0 Å². The molecule has 2 aromatic rings. The minimum absolute atomic E-state index is 0.342. The lowest BCUT2D eigenvalue weighted by Gasteiger charge is -2.12. The van der Waals surface area contributed by atoms with Gasteiger partial charge in [0, 0.05) is 19.3 Å². The van der Waals surface area contributed by atoms with Crippen LogP contribution in [0.3, 0.4) is 0 Å². The highest BCUT2D eigenvalue weighted by Crippen LogP contribution is 2.20. The molecule has 2 N–H and O–H groups in total. The predicted molar refractivity (Wildman–Crippen MR) is 78.3 cm³/mol. The largest absolute Gasteiger partial charge is 0.389 e. The number of rotatable bonds is 6. The van der Waals surface area contributed by atoms with Crippen molar-refractivity contribution in [3.8, 4) is 11.1 Å². The second kappa shape index (κ2) is 6.92.